The third-order valence-corrected chi connectivity index (χ3v) is 6.60. The normalized spacial score (nSPS) is 12.7. The number of rotatable bonds is 8. The molecule has 6 heteroatoms. The first-order valence-electron chi connectivity index (χ1n) is 12.2. The van der Waals surface area contributed by atoms with Crippen molar-refractivity contribution in [3.63, 3.8) is 0 Å². The van der Waals surface area contributed by atoms with Crippen LogP contribution in [0.15, 0.2) is 85.3 Å². The summed E-state index contributed by atoms with van der Waals surface area (Å²) in [5, 5.41) is 21.1. The summed E-state index contributed by atoms with van der Waals surface area (Å²) < 4.78 is 0. The lowest BCUT2D eigenvalue weighted by molar-refractivity contribution is 0.154. The summed E-state index contributed by atoms with van der Waals surface area (Å²) in [5.74, 6) is 0. The molecule has 36 heavy (non-hydrogen) atoms. The van der Waals surface area contributed by atoms with Gasteiger partial charge in [-0.3, -0.25) is 10.1 Å². The zero-order valence-electron chi connectivity index (χ0n) is 20.9. The van der Waals surface area contributed by atoms with E-state index in [4.69, 9.17) is 4.98 Å². The van der Waals surface area contributed by atoms with E-state index in [0.29, 0.717) is 0 Å². The third kappa shape index (κ3) is 4.91. The standard InChI is InChI=1S/C30H31N5O/c1-20(32-18-30(2,3)19-36)21-9-11-23(12-10-21)29-25(22-7-5-4-6-8-22)15-26-27(35-29)13-14-31-28(26)24-16-33-34-17-24/h4-17,20,32,36H,18-19H2,1-3H3,(H,33,34)/t20-/m1/s1. The Hall–Kier alpha value is -3.87. The van der Waals surface area contributed by atoms with Gasteiger partial charge in [-0.25, -0.2) is 4.98 Å². The molecule has 0 radical (unpaired) electrons. The Morgan fingerprint density at radius 3 is 2.42 bits per heavy atom. The van der Waals surface area contributed by atoms with Crippen molar-refractivity contribution >= 4 is 10.9 Å². The summed E-state index contributed by atoms with van der Waals surface area (Å²) in [7, 11) is 0. The number of aliphatic hydroxyl groups is 1. The molecule has 182 valence electrons. The highest BCUT2D eigenvalue weighted by Gasteiger charge is 2.19. The minimum Gasteiger partial charge on any atom is -0.396 e. The predicted octanol–water partition coefficient (Wildman–Crippen LogP) is 6.02. The van der Waals surface area contributed by atoms with Gasteiger partial charge in [0.25, 0.3) is 0 Å². The van der Waals surface area contributed by atoms with Crippen LogP contribution in [0.3, 0.4) is 0 Å². The quantitative estimate of drug-likeness (QED) is 0.254. The second-order valence-electron chi connectivity index (χ2n) is 10.0. The van der Waals surface area contributed by atoms with Gasteiger partial charge in [0.05, 0.1) is 23.1 Å². The molecule has 0 aliphatic heterocycles. The fourth-order valence-electron chi connectivity index (χ4n) is 4.30. The molecule has 3 aromatic heterocycles. The van der Waals surface area contributed by atoms with Crippen molar-refractivity contribution in [1.82, 2.24) is 25.5 Å². The molecule has 1 atom stereocenters. The van der Waals surface area contributed by atoms with Gasteiger partial charge in [-0.05, 0) is 30.2 Å². The van der Waals surface area contributed by atoms with Crippen LogP contribution >= 0.6 is 0 Å². The van der Waals surface area contributed by atoms with Crippen LogP contribution in [-0.4, -0.2) is 38.4 Å². The maximum atomic E-state index is 9.55. The molecule has 5 rings (SSSR count). The van der Waals surface area contributed by atoms with Gasteiger partial charge in [0, 0.05) is 59.1 Å². The summed E-state index contributed by atoms with van der Waals surface area (Å²) in [6.45, 7) is 7.15. The van der Waals surface area contributed by atoms with E-state index in [1.165, 1.54) is 5.56 Å². The van der Waals surface area contributed by atoms with E-state index in [9.17, 15) is 5.11 Å². The van der Waals surface area contributed by atoms with E-state index >= 15 is 0 Å². The van der Waals surface area contributed by atoms with Gasteiger partial charge in [0.2, 0.25) is 0 Å². The Labute approximate surface area is 211 Å². The first-order chi connectivity index (χ1) is 17.4. The van der Waals surface area contributed by atoms with E-state index in [1.54, 1.807) is 12.4 Å². The smallest absolute Gasteiger partial charge is 0.0827 e. The van der Waals surface area contributed by atoms with Crippen molar-refractivity contribution in [1.29, 1.82) is 0 Å². The lowest BCUT2D eigenvalue weighted by Gasteiger charge is -2.25. The molecular weight excluding hydrogens is 446 g/mol. The molecule has 2 aromatic carbocycles. The van der Waals surface area contributed by atoms with Crippen molar-refractivity contribution in [2.45, 2.75) is 26.8 Å². The van der Waals surface area contributed by atoms with E-state index in [1.807, 2.05) is 30.5 Å². The maximum Gasteiger partial charge on any atom is 0.0827 e. The molecule has 5 aromatic rings. The molecular formula is C30H31N5O. The van der Waals surface area contributed by atoms with Crippen LogP contribution < -0.4 is 5.32 Å². The molecule has 3 N–H and O–H groups in total. The van der Waals surface area contributed by atoms with Crippen LogP contribution in [0.25, 0.3) is 44.5 Å². The molecule has 6 nitrogen and oxygen atoms in total. The third-order valence-electron chi connectivity index (χ3n) is 6.60. The molecule has 0 amide bonds. The summed E-state index contributed by atoms with van der Waals surface area (Å²) >= 11 is 0. The molecule has 0 fully saturated rings. The van der Waals surface area contributed by atoms with E-state index in [-0.39, 0.29) is 18.1 Å². The molecule has 0 bridgehead atoms. The lowest BCUT2D eigenvalue weighted by atomic mass is 9.93. The maximum absolute atomic E-state index is 9.55. The van der Waals surface area contributed by atoms with Gasteiger partial charge in [0.15, 0.2) is 0 Å². The summed E-state index contributed by atoms with van der Waals surface area (Å²) in [5.41, 5.74) is 7.89. The Kier molecular flexibility index (Phi) is 6.63. The highest BCUT2D eigenvalue weighted by molar-refractivity contribution is 5.98. The number of benzene rings is 2. The van der Waals surface area contributed by atoms with Crippen molar-refractivity contribution in [2.24, 2.45) is 5.41 Å². The summed E-state index contributed by atoms with van der Waals surface area (Å²) in [6, 6.07) is 23.3. The average molecular weight is 478 g/mol. The van der Waals surface area contributed by atoms with Crippen LogP contribution in [0.1, 0.15) is 32.4 Å². The number of hydrogen-bond acceptors (Lipinski definition) is 5. The number of aromatic nitrogens is 4. The van der Waals surface area contributed by atoms with E-state index < -0.39 is 0 Å². The van der Waals surface area contributed by atoms with Gasteiger partial charge < -0.3 is 10.4 Å². The summed E-state index contributed by atoms with van der Waals surface area (Å²) in [6.07, 6.45) is 5.44. The number of nitrogens with zero attached hydrogens (tertiary/aromatic N) is 3. The minimum absolute atomic E-state index is 0.152. The van der Waals surface area contributed by atoms with Gasteiger partial charge >= 0.3 is 0 Å². The van der Waals surface area contributed by atoms with Crippen LogP contribution in [-0.2, 0) is 0 Å². The Balaban J connectivity index is 1.56. The highest BCUT2D eigenvalue weighted by atomic mass is 16.3. The van der Waals surface area contributed by atoms with E-state index in [0.717, 1.165) is 51.1 Å². The van der Waals surface area contributed by atoms with Crippen LogP contribution in [0.4, 0.5) is 0 Å². The fourth-order valence-corrected chi connectivity index (χ4v) is 4.30. The largest absolute Gasteiger partial charge is 0.396 e. The van der Waals surface area contributed by atoms with Crippen molar-refractivity contribution < 1.29 is 5.11 Å². The molecule has 0 spiro atoms. The van der Waals surface area contributed by atoms with E-state index in [2.05, 4.69) is 83.7 Å². The number of hydrogen-bond donors (Lipinski definition) is 3. The van der Waals surface area contributed by atoms with Gasteiger partial charge in [0.1, 0.15) is 0 Å². The van der Waals surface area contributed by atoms with Crippen molar-refractivity contribution in [3.8, 4) is 33.6 Å². The minimum atomic E-state index is -0.155. The number of H-pyrrole nitrogens is 1. The monoisotopic (exact) mass is 477 g/mol. The number of aromatic amines is 1. The van der Waals surface area contributed by atoms with Crippen molar-refractivity contribution in [2.75, 3.05) is 13.2 Å². The molecule has 0 aliphatic rings. The van der Waals surface area contributed by atoms with Gasteiger partial charge in [-0.15, -0.1) is 0 Å². The topological polar surface area (TPSA) is 86.7 Å². The second kappa shape index (κ2) is 10.0. The number of fused-ring (bicyclic) bond motifs is 1. The molecule has 3 heterocycles. The number of aliphatic hydroxyl groups excluding tert-OH is 1. The fraction of sp³-hybridized carbons (Fsp3) is 0.233. The van der Waals surface area contributed by atoms with Crippen LogP contribution in [0, 0.1) is 5.41 Å². The van der Waals surface area contributed by atoms with Crippen molar-refractivity contribution in [3.05, 3.63) is 90.9 Å². The molecule has 0 saturated carbocycles. The molecule has 0 unspecified atom stereocenters. The lowest BCUT2D eigenvalue weighted by Crippen LogP contribution is -2.33. The van der Waals surface area contributed by atoms with Crippen LogP contribution in [0.5, 0.6) is 0 Å². The highest BCUT2D eigenvalue weighted by Crippen LogP contribution is 2.36. The SMILES string of the molecule is C[C@@H](NCC(C)(C)CO)c1ccc(-c2nc3ccnc(-c4cn[nH]c4)c3cc2-c2ccccc2)cc1. The first kappa shape index (κ1) is 23.9. The molecule has 0 aliphatic carbocycles. The molecule has 0 saturated heterocycles. The first-order valence-corrected chi connectivity index (χ1v) is 12.2. The van der Waals surface area contributed by atoms with Crippen LogP contribution in [0.2, 0.25) is 0 Å². The van der Waals surface area contributed by atoms with Gasteiger partial charge in [-0.1, -0.05) is 68.4 Å². The zero-order chi connectivity index (χ0) is 25.1. The zero-order valence-corrected chi connectivity index (χ0v) is 20.9. The second-order valence-corrected chi connectivity index (χ2v) is 10.0. The Morgan fingerprint density at radius 1 is 0.944 bits per heavy atom. The predicted molar refractivity (Wildman–Crippen MR) is 145 cm³/mol. The summed E-state index contributed by atoms with van der Waals surface area (Å²) in [4.78, 5) is 9.77. The average Bonchev–Trinajstić information content (AvgIpc) is 3.46. The number of nitrogens with one attached hydrogen (secondary N) is 2. The Morgan fingerprint density at radius 2 is 1.72 bits per heavy atom. The Bertz CT molecular complexity index is 1440. The van der Waals surface area contributed by atoms with Gasteiger partial charge in [-0.2, -0.15) is 5.10 Å². The number of pyridine rings is 2.